The second kappa shape index (κ2) is 7.48. The van der Waals surface area contributed by atoms with E-state index >= 15 is 0 Å². The molecule has 2 aromatic heterocycles. The minimum absolute atomic E-state index is 0.239. The van der Waals surface area contributed by atoms with Crippen molar-refractivity contribution in [1.29, 1.82) is 0 Å². The number of carbonyl (C=O) groups is 1. The van der Waals surface area contributed by atoms with E-state index < -0.39 is 0 Å². The SMILES string of the molecule is Cc1cccc(C)c1NC(=O)c1cc(-c2cccnc2)n(-c2ccccc2)n1. The van der Waals surface area contributed by atoms with Crippen molar-refractivity contribution in [3.63, 3.8) is 0 Å². The number of benzene rings is 2. The molecule has 28 heavy (non-hydrogen) atoms. The van der Waals surface area contributed by atoms with Crippen LogP contribution in [0.3, 0.4) is 0 Å². The van der Waals surface area contributed by atoms with Gasteiger partial charge in [-0.05, 0) is 55.3 Å². The highest BCUT2D eigenvalue weighted by molar-refractivity contribution is 6.04. The van der Waals surface area contributed by atoms with E-state index in [1.54, 1.807) is 23.1 Å². The number of carbonyl (C=O) groups excluding carboxylic acids is 1. The van der Waals surface area contributed by atoms with Crippen LogP contribution in [0.4, 0.5) is 5.69 Å². The van der Waals surface area contributed by atoms with Gasteiger partial charge in [-0.25, -0.2) is 4.68 Å². The van der Waals surface area contributed by atoms with Crippen LogP contribution in [-0.2, 0) is 0 Å². The van der Waals surface area contributed by atoms with E-state index in [4.69, 9.17) is 0 Å². The molecule has 2 aromatic carbocycles. The Hall–Kier alpha value is -3.73. The molecule has 2 heterocycles. The fourth-order valence-electron chi connectivity index (χ4n) is 3.17. The molecule has 0 bridgehead atoms. The van der Waals surface area contributed by atoms with E-state index in [0.29, 0.717) is 5.69 Å². The van der Waals surface area contributed by atoms with Gasteiger partial charge in [0.05, 0.1) is 11.4 Å². The number of nitrogens with zero attached hydrogens (tertiary/aromatic N) is 3. The molecule has 0 aliphatic rings. The molecule has 138 valence electrons. The number of hydrogen-bond donors (Lipinski definition) is 1. The van der Waals surface area contributed by atoms with Crippen molar-refractivity contribution in [3.05, 3.63) is 95.9 Å². The molecule has 0 radical (unpaired) electrons. The van der Waals surface area contributed by atoms with Crippen LogP contribution < -0.4 is 5.32 Å². The number of pyridine rings is 1. The van der Waals surface area contributed by atoms with E-state index in [-0.39, 0.29) is 5.91 Å². The number of aromatic nitrogens is 3. The van der Waals surface area contributed by atoms with Gasteiger partial charge in [0.15, 0.2) is 5.69 Å². The summed E-state index contributed by atoms with van der Waals surface area (Å²) in [6.07, 6.45) is 3.49. The first-order valence-corrected chi connectivity index (χ1v) is 9.07. The Bertz CT molecular complexity index is 1040. The standard InChI is InChI=1S/C23H20N4O/c1-16-8-6-9-17(2)22(16)25-23(28)20-14-21(18-10-7-13-24-15-18)27(26-20)19-11-4-3-5-12-19/h3-15H,1-2H3,(H,25,28). The third kappa shape index (κ3) is 3.42. The second-order valence-corrected chi connectivity index (χ2v) is 6.62. The van der Waals surface area contributed by atoms with E-state index in [1.165, 1.54) is 0 Å². The zero-order chi connectivity index (χ0) is 19.5. The summed E-state index contributed by atoms with van der Waals surface area (Å²) < 4.78 is 1.77. The summed E-state index contributed by atoms with van der Waals surface area (Å²) in [6.45, 7) is 3.96. The zero-order valence-electron chi connectivity index (χ0n) is 15.8. The summed E-state index contributed by atoms with van der Waals surface area (Å²) in [7, 11) is 0. The monoisotopic (exact) mass is 368 g/mol. The molecule has 0 aliphatic heterocycles. The number of amides is 1. The highest BCUT2D eigenvalue weighted by Crippen LogP contribution is 2.25. The zero-order valence-corrected chi connectivity index (χ0v) is 15.8. The van der Waals surface area contributed by atoms with E-state index in [2.05, 4.69) is 15.4 Å². The van der Waals surface area contributed by atoms with Gasteiger partial charge in [0.1, 0.15) is 0 Å². The van der Waals surface area contributed by atoms with Crippen molar-refractivity contribution < 1.29 is 4.79 Å². The number of rotatable bonds is 4. The molecular weight excluding hydrogens is 348 g/mol. The Morgan fingerprint density at radius 2 is 1.68 bits per heavy atom. The Morgan fingerprint density at radius 3 is 2.36 bits per heavy atom. The number of hydrogen-bond acceptors (Lipinski definition) is 3. The van der Waals surface area contributed by atoms with Crippen molar-refractivity contribution in [1.82, 2.24) is 14.8 Å². The number of anilines is 1. The van der Waals surface area contributed by atoms with Crippen LogP contribution >= 0.6 is 0 Å². The van der Waals surface area contributed by atoms with E-state index in [0.717, 1.165) is 33.8 Å². The van der Waals surface area contributed by atoms with Crippen molar-refractivity contribution in [2.24, 2.45) is 0 Å². The first kappa shape index (κ1) is 17.7. The van der Waals surface area contributed by atoms with Gasteiger partial charge in [0.2, 0.25) is 0 Å². The van der Waals surface area contributed by atoms with Crippen molar-refractivity contribution >= 4 is 11.6 Å². The van der Waals surface area contributed by atoms with Crippen LogP contribution in [-0.4, -0.2) is 20.7 Å². The van der Waals surface area contributed by atoms with Crippen LogP contribution in [0.5, 0.6) is 0 Å². The fraction of sp³-hybridized carbons (Fsp3) is 0.0870. The molecule has 4 aromatic rings. The molecular formula is C23H20N4O. The number of aryl methyl sites for hydroxylation is 2. The Morgan fingerprint density at radius 1 is 0.929 bits per heavy atom. The normalized spacial score (nSPS) is 10.6. The lowest BCUT2D eigenvalue weighted by atomic mass is 10.1. The number of nitrogens with one attached hydrogen (secondary N) is 1. The van der Waals surface area contributed by atoms with Gasteiger partial charge in [0, 0.05) is 23.6 Å². The third-order valence-electron chi connectivity index (χ3n) is 4.62. The van der Waals surface area contributed by atoms with Gasteiger partial charge in [-0.2, -0.15) is 5.10 Å². The van der Waals surface area contributed by atoms with Crippen molar-refractivity contribution in [2.75, 3.05) is 5.32 Å². The lowest BCUT2D eigenvalue weighted by Gasteiger charge is -2.10. The molecule has 5 nitrogen and oxygen atoms in total. The summed E-state index contributed by atoms with van der Waals surface area (Å²) in [4.78, 5) is 17.1. The first-order chi connectivity index (χ1) is 13.6. The van der Waals surface area contributed by atoms with E-state index in [1.807, 2.05) is 74.5 Å². The largest absolute Gasteiger partial charge is 0.320 e. The first-order valence-electron chi connectivity index (χ1n) is 9.07. The molecule has 0 saturated carbocycles. The van der Waals surface area contributed by atoms with Gasteiger partial charge in [-0.1, -0.05) is 36.4 Å². The van der Waals surface area contributed by atoms with Crippen LogP contribution in [0.1, 0.15) is 21.6 Å². The molecule has 0 unspecified atom stereocenters. The summed E-state index contributed by atoms with van der Waals surface area (Å²) in [5.41, 5.74) is 5.80. The minimum Gasteiger partial charge on any atom is -0.320 e. The average Bonchev–Trinajstić information content (AvgIpc) is 3.18. The highest BCUT2D eigenvalue weighted by atomic mass is 16.2. The van der Waals surface area contributed by atoms with E-state index in [9.17, 15) is 4.79 Å². The molecule has 0 fully saturated rings. The van der Waals surface area contributed by atoms with Gasteiger partial charge in [0.25, 0.3) is 5.91 Å². The summed E-state index contributed by atoms with van der Waals surface area (Å²) in [6, 6.07) is 21.3. The van der Waals surface area contributed by atoms with Crippen LogP contribution in [0.15, 0.2) is 79.1 Å². The van der Waals surface area contributed by atoms with Crippen LogP contribution in [0.25, 0.3) is 16.9 Å². The Labute approximate surface area is 163 Å². The van der Waals surface area contributed by atoms with Crippen molar-refractivity contribution in [3.8, 4) is 16.9 Å². The Balaban J connectivity index is 1.76. The molecule has 1 amide bonds. The molecule has 1 N–H and O–H groups in total. The fourth-order valence-corrected chi connectivity index (χ4v) is 3.17. The summed E-state index contributed by atoms with van der Waals surface area (Å²) in [5, 5.41) is 7.60. The predicted molar refractivity (Wildman–Crippen MR) is 111 cm³/mol. The highest BCUT2D eigenvalue weighted by Gasteiger charge is 2.18. The van der Waals surface area contributed by atoms with Gasteiger partial charge < -0.3 is 5.32 Å². The third-order valence-corrected chi connectivity index (χ3v) is 4.62. The summed E-state index contributed by atoms with van der Waals surface area (Å²) in [5.74, 6) is -0.239. The maximum Gasteiger partial charge on any atom is 0.276 e. The predicted octanol–water partition coefficient (Wildman–Crippen LogP) is 4.80. The quantitative estimate of drug-likeness (QED) is 0.563. The topological polar surface area (TPSA) is 59.8 Å². The summed E-state index contributed by atoms with van der Waals surface area (Å²) >= 11 is 0. The average molecular weight is 368 g/mol. The lowest BCUT2D eigenvalue weighted by Crippen LogP contribution is -2.15. The van der Waals surface area contributed by atoms with Gasteiger partial charge in [-0.15, -0.1) is 0 Å². The smallest absolute Gasteiger partial charge is 0.276 e. The van der Waals surface area contributed by atoms with Gasteiger partial charge in [-0.3, -0.25) is 9.78 Å². The maximum atomic E-state index is 12.9. The number of para-hydroxylation sites is 2. The Kier molecular flexibility index (Phi) is 4.72. The molecule has 0 spiro atoms. The van der Waals surface area contributed by atoms with Crippen LogP contribution in [0, 0.1) is 13.8 Å². The van der Waals surface area contributed by atoms with Crippen molar-refractivity contribution in [2.45, 2.75) is 13.8 Å². The lowest BCUT2D eigenvalue weighted by molar-refractivity contribution is 0.102. The molecule has 4 rings (SSSR count). The molecule has 0 aliphatic carbocycles. The molecule has 5 heteroatoms. The molecule has 0 saturated heterocycles. The maximum absolute atomic E-state index is 12.9. The van der Waals surface area contributed by atoms with Crippen LogP contribution in [0.2, 0.25) is 0 Å². The second-order valence-electron chi connectivity index (χ2n) is 6.62. The minimum atomic E-state index is -0.239. The van der Waals surface area contributed by atoms with Gasteiger partial charge >= 0.3 is 0 Å². The molecule has 0 atom stereocenters.